The van der Waals surface area contributed by atoms with E-state index in [1.807, 2.05) is 12.1 Å². The van der Waals surface area contributed by atoms with Gasteiger partial charge in [-0.15, -0.1) is 0 Å². The van der Waals surface area contributed by atoms with Crippen molar-refractivity contribution < 1.29 is 4.74 Å². The second-order valence-electron chi connectivity index (χ2n) is 3.93. The summed E-state index contributed by atoms with van der Waals surface area (Å²) in [5.41, 5.74) is 0. The fraction of sp³-hybridized carbons (Fsp3) is 0.545. The van der Waals surface area contributed by atoms with Crippen molar-refractivity contribution in [1.82, 2.24) is 4.98 Å². The summed E-state index contributed by atoms with van der Waals surface area (Å²) in [4.78, 5) is 4.29. The van der Waals surface area contributed by atoms with Gasteiger partial charge in [0.25, 0.3) is 0 Å². The van der Waals surface area contributed by atoms with Gasteiger partial charge in [-0.1, -0.05) is 11.6 Å². The number of pyridine rings is 1. The van der Waals surface area contributed by atoms with Crippen molar-refractivity contribution in [1.29, 1.82) is 0 Å². The zero-order valence-electron chi connectivity index (χ0n) is 8.88. The van der Waals surface area contributed by atoms with Gasteiger partial charge in [0.2, 0.25) is 0 Å². The van der Waals surface area contributed by atoms with Crippen LogP contribution in [-0.4, -0.2) is 24.7 Å². The molecule has 0 saturated carbocycles. The molecule has 16 heavy (non-hydrogen) atoms. The van der Waals surface area contributed by atoms with Crippen molar-refractivity contribution in [2.45, 2.75) is 12.8 Å². The van der Waals surface area contributed by atoms with Crippen LogP contribution in [0.25, 0.3) is 0 Å². The molecule has 2 heterocycles. The van der Waals surface area contributed by atoms with Gasteiger partial charge in [-0.25, -0.2) is 4.98 Å². The average Bonchev–Trinajstić information content (AvgIpc) is 2.32. The SMILES string of the molecule is Clc1ccc(NC[C@H]2CCCOC2)nc1Br. The van der Waals surface area contributed by atoms with Crippen molar-refractivity contribution in [2.24, 2.45) is 5.92 Å². The first kappa shape index (κ1) is 12.1. The molecule has 1 aliphatic rings. The molecule has 3 nitrogen and oxygen atoms in total. The Balaban J connectivity index is 1.86. The van der Waals surface area contributed by atoms with Gasteiger partial charge in [0.1, 0.15) is 10.4 Å². The smallest absolute Gasteiger partial charge is 0.127 e. The maximum atomic E-state index is 5.87. The van der Waals surface area contributed by atoms with E-state index in [1.54, 1.807) is 0 Å². The van der Waals surface area contributed by atoms with E-state index >= 15 is 0 Å². The molecule has 1 atom stereocenters. The van der Waals surface area contributed by atoms with E-state index in [1.165, 1.54) is 6.42 Å². The van der Waals surface area contributed by atoms with Gasteiger partial charge < -0.3 is 10.1 Å². The fourth-order valence-electron chi connectivity index (χ4n) is 1.73. The van der Waals surface area contributed by atoms with E-state index in [0.717, 1.165) is 32.0 Å². The van der Waals surface area contributed by atoms with Crippen LogP contribution in [-0.2, 0) is 4.74 Å². The Morgan fingerprint density at radius 3 is 3.12 bits per heavy atom. The van der Waals surface area contributed by atoms with E-state index in [4.69, 9.17) is 16.3 Å². The Kier molecular flexibility index (Phi) is 4.44. The molecule has 2 rings (SSSR count). The van der Waals surface area contributed by atoms with Crippen molar-refractivity contribution in [3.05, 3.63) is 21.8 Å². The number of nitrogens with zero attached hydrogens (tertiary/aromatic N) is 1. The van der Waals surface area contributed by atoms with E-state index in [0.29, 0.717) is 15.5 Å². The highest BCUT2D eigenvalue weighted by atomic mass is 79.9. The third-order valence-corrected chi connectivity index (χ3v) is 3.77. The molecule has 0 amide bonds. The minimum Gasteiger partial charge on any atom is -0.381 e. The summed E-state index contributed by atoms with van der Waals surface area (Å²) in [6.07, 6.45) is 2.38. The zero-order chi connectivity index (χ0) is 11.4. The maximum Gasteiger partial charge on any atom is 0.127 e. The Labute approximate surface area is 109 Å². The zero-order valence-corrected chi connectivity index (χ0v) is 11.2. The summed E-state index contributed by atoms with van der Waals surface area (Å²) < 4.78 is 6.10. The number of hydrogen-bond donors (Lipinski definition) is 1. The van der Waals surface area contributed by atoms with Gasteiger partial charge >= 0.3 is 0 Å². The Morgan fingerprint density at radius 2 is 2.44 bits per heavy atom. The first-order valence-electron chi connectivity index (χ1n) is 5.39. The standard InChI is InChI=1S/C11H14BrClN2O/c12-11-9(13)3-4-10(15-11)14-6-8-2-1-5-16-7-8/h3-4,8H,1-2,5-7H2,(H,14,15)/t8-/m1/s1. The van der Waals surface area contributed by atoms with Crippen LogP contribution in [0.2, 0.25) is 5.02 Å². The number of anilines is 1. The van der Waals surface area contributed by atoms with Crippen LogP contribution < -0.4 is 5.32 Å². The van der Waals surface area contributed by atoms with E-state index in [2.05, 4.69) is 26.2 Å². The minimum atomic E-state index is 0.588. The number of aromatic nitrogens is 1. The normalized spacial score (nSPS) is 20.8. The number of halogens is 2. The summed E-state index contributed by atoms with van der Waals surface area (Å²) in [6, 6.07) is 3.72. The Hall–Kier alpha value is -0.320. The van der Waals surface area contributed by atoms with E-state index in [-0.39, 0.29) is 0 Å². The predicted molar refractivity (Wildman–Crippen MR) is 69.0 cm³/mol. The quantitative estimate of drug-likeness (QED) is 0.870. The molecule has 0 radical (unpaired) electrons. The lowest BCUT2D eigenvalue weighted by Crippen LogP contribution is -2.24. The number of rotatable bonds is 3. The molecular formula is C11H14BrClN2O. The highest BCUT2D eigenvalue weighted by Gasteiger charge is 2.13. The lowest BCUT2D eigenvalue weighted by Gasteiger charge is -2.22. The van der Waals surface area contributed by atoms with Crippen LogP contribution in [0, 0.1) is 5.92 Å². The molecule has 1 aliphatic heterocycles. The molecule has 1 fully saturated rings. The first-order valence-corrected chi connectivity index (χ1v) is 6.56. The topological polar surface area (TPSA) is 34.1 Å². The second-order valence-corrected chi connectivity index (χ2v) is 5.09. The lowest BCUT2D eigenvalue weighted by molar-refractivity contribution is 0.0595. The van der Waals surface area contributed by atoms with Crippen molar-refractivity contribution >= 4 is 33.3 Å². The molecule has 1 aromatic heterocycles. The highest BCUT2D eigenvalue weighted by molar-refractivity contribution is 9.10. The molecule has 88 valence electrons. The molecule has 1 aromatic rings. The van der Waals surface area contributed by atoms with Gasteiger partial charge in [0.15, 0.2) is 0 Å². The third kappa shape index (κ3) is 3.34. The average molecular weight is 306 g/mol. The van der Waals surface area contributed by atoms with Crippen LogP contribution in [0.1, 0.15) is 12.8 Å². The van der Waals surface area contributed by atoms with Crippen molar-refractivity contribution in [2.75, 3.05) is 25.1 Å². The summed E-state index contributed by atoms with van der Waals surface area (Å²) in [5.74, 6) is 1.44. The molecule has 0 bridgehead atoms. The van der Waals surface area contributed by atoms with Crippen LogP contribution in [0.15, 0.2) is 16.7 Å². The summed E-state index contributed by atoms with van der Waals surface area (Å²) >= 11 is 9.18. The fourth-order valence-corrected chi connectivity index (χ4v) is 2.16. The van der Waals surface area contributed by atoms with Gasteiger partial charge in [-0.3, -0.25) is 0 Å². The molecule has 0 spiro atoms. The van der Waals surface area contributed by atoms with Gasteiger partial charge in [0, 0.05) is 13.2 Å². The molecule has 5 heteroatoms. The monoisotopic (exact) mass is 304 g/mol. The van der Waals surface area contributed by atoms with Crippen molar-refractivity contribution in [3.63, 3.8) is 0 Å². The van der Waals surface area contributed by atoms with Gasteiger partial charge in [0.05, 0.1) is 11.6 Å². The lowest BCUT2D eigenvalue weighted by atomic mass is 10.0. The van der Waals surface area contributed by atoms with Crippen LogP contribution >= 0.6 is 27.5 Å². The summed E-state index contributed by atoms with van der Waals surface area (Å²) in [7, 11) is 0. The van der Waals surface area contributed by atoms with Crippen LogP contribution in [0.5, 0.6) is 0 Å². The highest BCUT2D eigenvalue weighted by Crippen LogP contribution is 2.22. The molecule has 1 N–H and O–H groups in total. The van der Waals surface area contributed by atoms with Gasteiger partial charge in [-0.05, 0) is 46.8 Å². The molecule has 1 saturated heterocycles. The Morgan fingerprint density at radius 1 is 1.56 bits per heavy atom. The largest absolute Gasteiger partial charge is 0.381 e. The number of ether oxygens (including phenoxy) is 1. The third-order valence-electron chi connectivity index (χ3n) is 2.63. The van der Waals surface area contributed by atoms with Gasteiger partial charge in [-0.2, -0.15) is 0 Å². The van der Waals surface area contributed by atoms with Crippen LogP contribution in [0.4, 0.5) is 5.82 Å². The second kappa shape index (κ2) is 5.84. The molecule has 0 aromatic carbocycles. The molecular weight excluding hydrogens is 291 g/mol. The summed E-state index contributed by atoms with van der Waals surface area (Å²) in [6.45, 7) is 2.66. The van der Waals surface area contributed by atoms with Crippen molar-refractivity contribution in [3.8, 4) is 0 Å². The maximum absolute atomic E-state index is 5.87. The molecule has 0 unspecified atom stereocenters. The Bertz CT molecular complexity index is 356. The summed E-state index contributed by atoms with van der Waals surface area (Å²) in [5, 5.41) is 3.93. The van der Waals surface area contributed by atoms with E-state index in [9.17, 15) is 0 Å². The number of hydrogen-bond acceptors (Lipinski definition) is 3. The first-order chi connectivity index (χ1) is 7.75. The minimum absolute atomic E-state index is 0.588. The molecule has 0 aliphatic carbocycles. The predicted octanol–water partition coefficient (Wildman–Crippen LogP) is 3.34. The van der Waals surface area contributed by atoms with Crippen LogP contribution in [0.3, 0.4) is 0 Å². The van der Waals surface area contributed by atoms with E-state index < -0.39 is 0 Å². The number of nitrogens with one attached hydrogen (secondary N) is 1.